The van der Waals surface area contributed by atoms with E-state index in [1.807, 2.05) is 0 Å². The summed E-state index contributed by atoms with van der Waals surface area (Å²) in [5.74, 6) is 0.104. The number of phenolic OH excluding ortho intramolecular Hbond substituents is 1. The lowest BCUT2D eigenvalue weighted by atomic mass is 10.1. The molecule has 0 aliphatic heterocycles. The number of aliphatic hydroxyl groups is 1. The van der Waals surface area contributed by atoms with E-state index in [9.17, 15) is 9.50 Å². The van der Waals surface area contributed by atoms with Crippen LogP contribution in [-0.2, 0) is 0 Å². The summed E-state index contributed by atoms with van der Waals surface area (Å²) in [6.07, 6.45) is -1.49. The van der Waals surface area contributed by atoms with Gasteiger partial charge in [0.2, 0.25) is 0 Å². The van der Waals surface area contributed by atoms with Crippen LogP contribution in [0.5, 0.6) is 11.5 Å². The maximum absolute atomic E-state index is 13.2. The van der Waals surface area contributed by atoms with Crippen LogP contribution in [0, 0.1) is 0 Å². The molecule has 1 rings (SSSR count). The van der Waals surface area contributed by atoms with Gasteiger partial charge in [0.25, 0.3) is 0 Å². The molecule has 0 saturated heterocycles. The third-order valence-electron chi connectivity index (χ3n) is 1.80. The molecule has 14 heavy (non-hydrogen) atoms. The summed E-state index contributed by atoms with van der Waals surface area (Å²) in [7, 11) is 1.37. The van der Waals surface area contributed by atoms with E-state index in [1.54, 1.807) is 0 Å². The predicted molar refractivity (Wildman–Crippen MR) is 53.3 cm³/mol. The second-order valence-corrected chi connectivity index (χ2v) is 3.55. The van der Waals surface area contributed by atoms with E-state index in [0.29, 0.717) is 4.47 Å². The third-order valence-corrected chi connectivity index (χ3v) is 2.48. The molecular weight excluding hydrogens is 255 g/mol. The highest BCUT2D eigenvalue weighted by Crippen LogP contribution is 2.36. The van der Waals surface area contributed by atoms with Crippen LogP contribution >= 0.6 is 15.9 Å². The van der Waals surface area contributed by atoms with Gasteiger partial charge in [-0.2, -0.15) is 0 Å². The molecule has 2 N–H and O–H groups in total. The number of hydrogen-bond acceptors (Lipinski definition) is 3. The fourth-order valence-corrected chi connectivity index (χ4v) is 1.64. The van der Waals surface area contributed by atoms with Crippen LogP contribution in [0.1, 0.15) is 11.7 Å². The van der Waals surface area contributed by atoms with Crippen molar-refractivity contribution < 1.29 is 19.3 Å². The van der Waals surface area contributed by atoms with Crippen molar-refractivity contribution in [1.29, 1.82) is 0 Å². The number of rotatable bonds is 3. The Morgan fingerprint density at radius 3 is 2.71 bits per heavy atom. The number of phenols is 1. The molecule has 0 spiro atoms. The minimum atomic E-state index is -1.49. The van der Waals surface area contributed by atoms with E-state index < -0.39 is 12.8 Å². The van der Waals surface area contributed by atoms with E-state index in [2.05, 4.69) is 15.9 Å². The number of aliphatic hydroxyl groups excluding tert-OH is 1. The minimum absolute atomic E-state index is 0.0757. The van der Waals surface area contributed by atoms with E-state index in [4.69, 9.17) is 9.84 Å². The Bertz CT molecular complexity index is 330. The molecule has 0 heterocycles. The van der Waals surface area contributed by atoms with Crippen LogP contribution in [0.2, 0.25) is 0 Å². The normalized spacial score (nSPS) is 12.6. The first-order chi connectivity index (χ1) is 6.60. The molecule has 1 atom stereocenters. The number of hydrogen-bond donors (Lipinski definition) is 2. The van der Waals surface area contributed by atoms with Crippen molar-refractivity contribution in [3.63, 3.8) is 0 Å². The van der Waals surface area contributed by atoms with Crippen LogP contribution in [0.15, 0.2) is 16.6 Å². The van der Waals surface area contributed by atoms with E-state index in [1.165, 1.54) is 19.2 Å². The number of aromatic hydroxyl groups is 1. The van der Waals surface area contributed by atoms with E-state index >= 15 is 0 Å². The second kappa shape index (κ2) is 4.61. The minimum Gasteiger partial charge on any atom is -0.504 e. The van der Waals surface area contributed by atoms with Crippen LogP contribution < -0.4 is 4.74 Å². The Morgan fingerprint density at radius 1 is 1.57 bits per heavy atom. The van der Waals surface area contributed by atoms with Crippen LogP contribution in [-0.4, -0.2) is 23.9 Å². The van der Waals surface area contributed by atoms with Crippen molar-refractivity contribution in [3.8, 4) is 11.5 Å². The first-order valence-corrected chi connectivity index (χ1v) is 4.70. The first kappa shape index (κ1) is 11.3. The Hall–Kier alpha value is -0.810. The molecule has 0 radical (unpaired) electrons. The van der Waals surface area contributed by atoms with Gasteiger partial charge in [-0.25, -0.2) is 4.39 Å². The topological polar surface area (TPSA) is 49.7 Å². The van der Waals surface area contributed by atoms with Gasteiger partial charge in [0, 0.05) is 10.0 Å². The average molecular weight is 265 g/mol. The Kier molecular flexibility index (Phi) is 3.71. The van der Waals surface area contributed by atoms with Gasteiger partial charge in [0.05, 0.1) is 13.7 Å². The smallest absolute Gasteiger partial charge is 0.160 e. The first-order valence-electron chi connectivity index (χ1n) is 3.91. The summed E-state index contributed by atoms with van der Waals surface area (Å²) < 4.78 is 18.4. The molecule has 0 aliphatic carbocycles. The zero-order chi connectivity index (χ0) is 10.7. The standard InChI is InChI=1S/C9H10BrFO3/c1-14-9-2-5(7(11)4-12)6(10)3-8(9)13/h2-3,7,12-13H,4H2,1H3. The van der Waals surface area contributed by atoms with Gasteiger partial charge >= 0.3 is 0 Å². The molecule has 78 valence electrons. The van der Waals surface area contributed by atoms with Gasteiger partial charge in [-0.05, 0) is 12.1 Å². The summed E-state index contributed by atoms with van der Waals surface area (Å²) in [4.78, 5) is 0. The zero-order valence-corrected chi connectivity index (χ0v) is 9.08. The summed E-state index contributed by atoms with van der Waals surface area (Å²) in [6.45, 7) is -0.605. The van der Waals surface area contributed by atoms with Crippen LogP contribution in [0.4, 0.5) is 4.39 Å². The maximum atomic E-state index is 13.2. The van der Waals surface area contributed by atoms with Gasteiger partial charge < -0.3 is 14.9 Å². The van der Waals surface area contributed by atoms with Crippen molar-refractivity contribution in [2.24, 2.45) is 0 Å². The van der Waals surface area contributed by atoms with Crippen LogP contribution in [0.3, 0.4) is 0 Å². The summed E-state index contributed by atoms with van der Waals surface area (Å²) in [5.41, 5.74) is 0.252. The fourth-order valence-electron chi connectivity index (χ4n) is 1.06. The van der Waals surface area contributed by atoms with E-state index in [-0.39, 0.29) is 17.1 Å². The highest BCUT2D eigenvalue weighted by atomic mass is 79.9. The molecule has 1 unspecified atom stereocenters. The van der Waals surface area contributed by atoms with Gasteiger partial charge in [-0.1, -0.05) is 15.9 Å². The number of ether oxygens (including phenoxy) is 1. The molecule has 0 saturated carbocycles. The third kappa shape index (κ3) is 2.16. The molecule has 1 aromatic carbocycles. The van der Waals surface area contributed by atoms with Gasteiger partial charge in [0.1, 0.15) is 6.17 Å². The monoisotopic (exact) mass is 264 g/mol. The maximum Gasteiger partial charge on any atom is 0.160 e. The summed E-state index contributed by atoms with van der Waals surface area (Å²) in [5, 5.41) is 18.0. The molecule has 0 amide bonds. The van der Waals surface area contributed by atoms with Crippen LogP contribution in [0.25, 0.3) is 0 Å². The lowest BCUT2D eigenvalue weighted by Gasteiger charge is -2.11. The second-order valence-electron chi connectivity index (χ2n) is 2.70. The fraction of sp³-hybridized carbons (Fsp3) is 0.333. The van der Waals surface area contributed by atoms with E-state index in [0.717, 1.165) is 0 Å². The molecule has 3 nitrogen and oxygen atoms in total. The van der Waals surface area contributed by atoms with Crippen molar-refractivity contribution in [2.45, 2.75) is 6.17 Å². The molecule has 0 bridgehead atoms. The summed E-state index contributed by atoms with van der Waals surface area (Å²) >= 11 is 3.09. The lowest BCUT2D eigenvalue weighted by Crippen LogP contribution is -1.99. The van der Waals surface area contributed by atoms with Crippen molar-refractivity contribution in [1.82, 2.24) is 0 Å². The van der Waals surface area contributed by atoms with Gasteiger partial charge in [0.15, 0.2) is 11.5 Å². The van der Waals surface area contributed by atoms with Crippen molar-refractivity contribution in [2.75, 3.05) is 13.7 Å². The molecule has 5 heteroatoms. The molecule has 0 aromatic heterocycles. The van der Waals surface area contributed by atoms with Crippen molar-refractivity contribution >= 4 is 15.9 Å². The highest BCUT2D eigenvalue weighted by Gasteiger charge is 2.15. The van der Waals surface area contributed by atoms with Crippen molar-refractivity contribution in [3.05, 3.63) is 22.2 Å². The number of benzene rings is 1. The quantitative estimate of drug-likeness (QED) is 0.880. The molecule has 0 aliphatic rings. The zero-order valence-electron chi connectivity index (χ0n) is 7.50. The summed E-state index contributed by atoms with van der Waals surface area (Å²) in [6, 6.07) is 2.68. The molecule has 1 aromatic rings. The lowest BCUT2D eigenvalue weighted by molar-refractivity contribution is 0.179. The molecule has 0 fully saturated rings. The van der Waals surface area contributed by atoms with Gasteiger partial charge in [-0.3, -0.25) is 0 Å². The SMILES string of the molecule is COc1cc(C(F)CO)c(Br)cc1O. The Balaban J connectivity index is 3.17. The highest BCUT2D eigenvalue weighted by molar-refractivity contribution is 9.10. The van der Waals surface area contributed by atoms with Gasteiger partial charge in [-0.15, -0.1) is 0 Å². The number of alkyl halides is 1. The number of halogens is 2. The largest absolute Gasteiger partial charge is 0.504 e. The number of methoxy groups -OCH3 is 1. The predicted octanol–water partition coefficient (Wildman–Crippen LogP) is 2.17. The Morgan fingerprint density at radius 2 is 2.21 bits per heavy atom. The Labute approximate surface area is 89.3 Å². The molecular formula is C9H10BrFO3. The average Bonchev–Trinajstić information content (AvgIpc) is 2.17.